The highest BCUT2D eigenvalue weighted by molar-refractivity contribution is 6.40. The molecule has 0 aromatic heterocycles. The third-order valence-electron chi connectivity index (χ3n) is 4.84. The highest BCUT2D eigenvalue weighted by Crippen LogP contribution is 2.30. The van der Waals surface area contributed by atoms with Crippen LogP contribution < -0.4 is 0 Å². The van der Waals surface area contributed by atoms with Crippen LogP contribution >= 0.6 is 0 Å². The lowest BCUT2D eigenvalue weighted by molar-refractivity contribution is 0.0974. The molecule has 0 fully saturated rings. The zero-order valence-corrected chi connectivity index (χ0v) is 15.9. The molecule has 0 bridgehead atoms. The first-order chi connectivity index (χ1) is 13.9. The minimum atomic E-state index is -0.360. The van der Waals surface area contributed by atoms with Crippen LogP contribution in [0.5, 0.6) is 0 Å². The van der Waals surface area contributed by atoms with Crippen LogP contribution in [0.25, 0.3) is 0 Å². The summed E-state index contributed by atoms with van der Waals surface area (Å²) in [6.07, 6.45) is 4.55. The first-order valence-electron chi connectivity index (χ1n) is 9.07. The maximum absolute atomic E-state index is 12.7. The van der Waals surface area contributed by atoms with E-state index in [4.69, 9.17) is 0 Å². The number of Topliss-reactive ketones (excluding diaryl/α,β-unsaturated/α-hetero) is 4. The average molecular weight is 383 g/mol. The van der Waals surface area contributed by atoms with Crippen molar-refractivity contribution in [3.8, 4) is 0 Å². The van der Waals surface area contributed by atoms with Gasteiger partial charge in [-0.15, -0.1) is 0 Å². The van der Waals surface area contributed by atoms with Crippen molar-refractivity contribution >= 4 is 23.1 Å². The molecule has 29 heavy (non-hydrogen) atoms. The van der Waals surface area contributed by atoms with Crippen LogP contribution in [0.1, 0.15) is 41.4 Å². The minimum absolute atomic E-state index is 0.0200. The van der Waals surface area contributed by atoms with E-state index in [1.54, 1.807) is 73.7 Å². The standard InChI is InChI=1S/C24H17NO4/c1-25(2)13-14(11-19-21(26)15-7-3-4-8-16(15)22(19)27)12-20-23(28)17-9-5-6-10-18(17)24(20)29/h3-13H,1-2H3. The molecule has 0 aliphatic heterocycles. The second-order valence-electron chi connectivity index (χ2n) is 7.12. The summed E-state index contributed by atoms with van der Waals surface area (Å²) >= 11 is 0. The van der Waals surface area contributed by atoms with Crippen LogP contribution in [0.15, 0.2) is 83.6 Å². The largest absolute Gasteiger partial charge is 0.383 e. The number of hydrogen-bond donors (Lipinski definition) is 0. The Hall–Kier alpha value is -3.86. The van der Waals surface area contributed by atoms with E-state index in [0.717, 1.165) is 0 Å². The molecule has 5 heteroatoms. The molecular weight excluding hydrogens is 366 g/mol. The Balaban J connectivity index is 1.79. The number of benzene rings is 2. The van der Waals surface area contributed by atoms with Crippen molar-refractivity contribution in [2.75, 3.05) is 14.1 Å². The zero-order valence-electron chi connectivity index (χ0n) is 15.9. The van der Waals surface area contributed by atoms with Gasteiger partial charge in [0, 0.05) is 42.5 Å². The molecule has 0 atom stereocenters. The van der Waals surface area contributed by atoms with Crippen molar-refractivity contribution in [2.45, 2.75) is 0 Å². The van der Waals surface area contributed by atoms with Gasteiger partial charge < -0.3 is 4.90 Å². The van der Waals surface area contributed by atoms with Crippen molar-refractivity contribution in [1.82, 2.24) is 4.90 Å². The number of ketones is 4. The number of allylic oxidation sites excluding steroid dienone is 5. The first kappa shape index (κ1) is 18.5. The molecule has 0 unspecified atom stereocenters. The molecule has 4 rings (SSSR count). The van der Waals surface area contributed by atoms with E-state index in [2.05, 4.69) is 0 Å². The van der Waals surface area contributed by atoms with Gasteiger partial charge in [-0.3, -0.25) is 19.2 Å². The summed E-state index contributed by atoms with van der Waals surface area (Å²) in [5.41, 5.74) is 1.91. The normalized spacial score (nSPS) is 14.7. The van der Waals surface area contributed by atoms with Crippen molar-refractivity contribution in [3.05, 3.63) is 106 Å². The lowest BCUT2D eigenvalue weighted by atomic mass is 10.0. The van der Waals surface area contributed by atoms with Crippen molar-refractivity contribution in [1.29, 1.82) is 0 Å². The Morgan fingerprint density at radius 3 is 1.21 bits per heavy atom. The second-order valence-corrected chi connectivity index (χ2v) is 7.12. The molecule has 2 aliphatic carbocycles. The van der Waals surface area contributed by atoms with E-state index in [0.29, 0.717) is 27.8 Å². The van der Waals surface area contributed by atoms with Crippen molar-refractivity contribution < 1.29 is 19.2 Å². The third kappa shape index (κ3) is 3.06. The van der Waals surface area contributed by atoms with Gasteiger partial charge in [0.05, 0.1) is 11.1 Å². The van der Waals surface area contributed by atoms with Gasteiger partial charge in [-0.1, -0.05) is 48.5 Å². The summed E-state index contributed by atoms with van der Waals surface area (Å²) in [7, 11) is 3.55. The monoisotopic (exact) mass is 383 g/mol. The summed E-state index contributed by atoms with van der Waals surface area (Å²) in [4.78, 5) is 52.5. The Morgan fingerprint density at radius 1 is 0.621 bits per heavy atom. The Bertz CT molecular complexity index is 1030. The molecule has 0 saturated carbocycles. The molecule has 0 N–H and O–H groups in total. The van der Waals surface area contributed by atoms with E-state index in [1.165, 1.54) is 12.2 Å². The van der Waals surface area contributed by atoms with Crippen LogP contribution in [0.2, 0.25) is 0 Å². The number of nitrogens with zero attached hydrogens (tertiary/aromatic N) is 1. The van der Waals surface area contributed by atoms with Gasteiger partial charge in [-0.25, -0.2) is 0 Å². The Morgan fingerprint density at radius 2 is 0.931 bits per heavy atom. The molecule has 0 heterocycles. The zero-order chi connectivity index (χ0) is 20.7. The molecule has 2 aromatic rings. The molecule has 2 aliphatic rings. The molecule has 0 amide bonds. The third-order valence-corrected chi connectivity index (χ3v) is 4.84. The molecule has 0 saturated heterocycles. The van der Waals surface area contributed by atoms with Gasteiger partial charge in [0.1, 0.15) is 0 Å². The van der Waals surface area contributed by atoms with Crippen molar-refractivity contribution in [3.63, 3.8) is 0 Å². The predicted octanol–water partition coefficient (Wildman–Crippen LogP) is 3.44. The number of hydrogen-bond acceptors (Lipinski definition) is 5. The summed E-state index contributed by atoms with van der Waals surface area (Å²) in [5, 5.41) is 0. The summed E-state index contributed by atoms with van der Waals surface area (Å²) in [6, 6.07) is 13.3. The van der Waals surface area contributed by atoms with Gasteiger partial charge in [0.15, 0.2) is 23.1 Å². The number of carbonyl (C=O) groups excluding carboxylic acids is 4. The first-order valence-corrected chi connectivity index (χ1v) is 9.07. The topological polar surface area (TPSA) is 71.5 Å². The van der Waals surface area contributed by atoms with E-state index >= 15 is 0 Å². The maximum Gasteiger partial charge on any atom is 0.197 e. The van der Waals surface area contributed by atoms with E-state index in [9.17, 15) is 19.2 Å². The number of fused-ring (bicyclic) bond motifs is 2. The van der Waals surface area contributed by atoms with Crippen molar-refractivity contribution in [2.24, 2.45) is 0 Å². The summed E-state index contributed by atoms with van der Waals surface area (Å²) in [5.74, 6) is -1.44. The predicted molar refractivity (Wildman–Crippen MR) is 108 cm³/mol. The van der Waals surface area contributed by atoms with Gasteiger partial charge in [-0.05, 0) is 17.7 Å². The number of rotatable bonds is 3. The van der Waals surface area contributed by atoms with Gasteiger partial charge in [0.25, 0.3) is 0 Å². The van der Waals surface area contributed by atoms with Crippen LogP contribution in [0.4, 0.5) is 0 Å². The maximum atomic E-state index is 12.7. The Kier molecular flexibility index (Phi) is 4.43. The van der Waals surface area contributed by atoms with Crippen LogP contribution in [0, 0.1) is 0 Å². The Labute approximate surface area is 167 Å². The summed E-state index contributed by atoms with van der Waals surface area (Å²) < 4.78 is 0. The smallest absolute Gasteiger partial charge is 0.197 e. The van der Waals surface area contributed by atoms with E-state index in [1.807, 2.05) is 0 Å². The van der Waals surface area contributed by atoms with E-state index < -0.39 is 0 Å². The van der Waals surface area contributed by atoms with Crippen LogP contribution in [0.3, 0.4) is 0 Å². The minimum Gasteiger partial charge on any atom is -0.383 e. The van der Waals surface area contributed by atoms with Gasteiger partial charge in [0.2, 0.25) is 0 Å². The SMILES string of the molecule is CN(C)C=C(C=C1C(=O)c2ccccc2C1=O)C=C1C(=O)c2ccccc2C1=O. The molecule has 142 valence electrons. The highest BCUT2D eigenvalue weighted by Gasteiger charge is 2.34. The lowest BCUT2D eigenvalue weighted by Gasteiger charge is -2.07. The molecule has 2 aromatic carbocycles. The second kappa shape index (κ2) is 6.95. The fourth-order valence-corrected chi connectivity index (χ4v) is 3.55. The molecular formula is C24H17NO4. The quantitative estimate of drug-likeness (QED) is 0.600. The molecule has 0 radical (unpaired) electrons. The fourth-order valence-electron chi connectivity index (χ4n) is 3.55. The summed E-state index contributed by atoms with van der Waals surface area (Å²) in [6.45, 7) is 0. The van der Waals surface area contributed by atoms with E-state index in [-0.39, 0.29) is 34.3 Å². The highest BCUT2D eigenvalue weighted by atomic mass is 16.2. The van der Waals surface area contributed by atoms with Gasteiger partial charge in [-0.2, -0.15) is 0 Å². The van der Waals surface area contributed by atoms with Gasteiger partial charge >= 0.3 is 0 Å². The van der Waals surface area contributed by atoms with Crippen LogP contribution in [-0.2, 0) is 0 Å². The fraction of sp³-hybridized carbons (Fsp3) is 0.0833. The average Bonchev–Trinajstić information content (AvgIpc) is 3.09. The molecule has 5 nitrogen and oxygen atoms in total. The number of carbonyl (C=O) groups is 4. The lowest BCUT2D eigenvalue weighted by Crippen LogP contribution is -2.07. The molecule has 0 spiro atoms. The van der Waals surface area contributed by atoms with Crippen LogP contribution in [-0.4, -0.2) is 42.1 Å².